The predicted molar refractivity (Wildman–Crippen MR) is 76.2 cm³/mol. The van der Waals surface area contributed by atoms with Crippen LogP contribution in [0.4, 0.5) is 5.69 Å². The smallest absolute Gasteiger partial charge is 0.141 e. The third-order valence-electron chi connectivity index (χ3n) is 3.58. The van der Waals surface area contributed by atoms with E-state index in [9.17, 15) is 0 Å². The molecule has 0 radical (unpaired) electrons. The number of ether oxygens (including phenoxy) is 1. The van der Waals surface area contributed by atoms with Crippen LogP contribution in [0, 0.1) is 0 Å². The summed E-state index contributed by atoms with van der Waals surface area (Å²) in [5.41, 5.74) is 7.83. The number of piperazine rings is 1. The summed E-state index contributed by atoms with van der Waals surface area (Å²) in [5.74, 6) is 0.733. The van der Waals surface area contributed by atoms with E-state index >= 15 is 0 Å². The first-order valence-corrected chi connectivity index (χ1v) is 6.71. The highest BCUT2D eigenvalue weighted by Crippen LogP contribution is 2.22. The number of β-amino-alcohol motifs (C(OH)–C–C–N with tert-alkyl or cyclic N) is 1. The van der Waals surface area contributed by atoms with Crippen LogP contribution in [0.3, 0.4) is 0 Å². The molecule has 0 amide bonds. The molecule has 1 heterocycles. The third-order valence-corrected chi connectivity index (χ3v) is 3.58. The molecule has 2 rings (SSSR count). The van der Waals surface area contributed by atoms with E-state index in [0.717, 1.165) is 45.0 Å². The van der Waals surface area contributed by atoms with Crippen molar-refractivity contribution in [1.29, 1.82) is 0 Å². The van der Waals surface area contributed by atoms with Crippen LogP contribution < -0.4 is 10.5 Å². The maximum absolute atomic E-state index is 8.92. The third kappa shape index (κ3) is 3.83. The molecule has 106 valence electrons. The zero-order valence-electron chi connectivity index (χ0n) is 11.5. The Bertz CT molecular complexity index is 404. The maximum atomic E-state index is 8.92. The normalized spacial score (nSPS) is 17.6. The highest BCUT2D eigenvalue weighted by molar-refractivity contribution is 5.54. The van der Waals surface area contributed by atoms with Crippen LogP contribution in [-0.2, 0) is 6.54 Å². The van der Waals surface area contributed by atoms with Gasteiger partial charge in [-0.15, -0.1) is 0 Å². The molecule has 0 unspecified atom stereocenters. The van der Waals surface area contributed by atoms with Crippen LogP contribution in [0.1, 0.15) is 5.56 Å². The molecule has 0 aromatic heterocycles. The van der Waals surface area contributed by atoms with Gasteiger partial charge in [0.15, 0.2) is 0 Å². The van der Waals surface area contributed by atoms with Crippen molar-refractivity contribution in [2.24, 2.45) is 0 Å². The first-order valence-electron chi connectivity index (χ1n) is 6.71. The van der Waals surface area contributed by atoms with E-state index in [2.05, 4.69) is 15.9 Å². The zero-order chi connectivity index (χ0) is 13.7. The number of hydrogen-bond acceptors (Lipinski definition) is 5. The minimum Gasteiger partial charge on any atom is -0.495 e. The molecule has 1 aromatic carbocycles. The quantitative estimate of drug-likeness (QED) is 0.754. The first-order chi connectivity index (χ1) is 9.22. The van der Waals surface area contributed by atoms with Crippen LogP contribution in [0.15, 0.2) is 18.2 Å². The molecule has 0 bridgehead atoms. The summed E-state index contributed by atoms with van der Waals surface area (Å²) in [6.45, 7) is 6.05. The van der Waals surface area contributed by atoms with Gasteiger partial charge in [-0.1, -0.05) is 6.07 Å². The minimum atomic E-state index is 0.245. The van der Waals surface area contributed by atoms with E-state index in [1.165, 1.54) is 5.56 Å². The summed E-state index contributed by atoms with van der Waals surface area (Å²) in [6.07, 6.45) is 0. The number of nitrogens with two attached hydrogens (primary N) is 1. The van der Waals surface area contributed by atoms with Crippen LogP contribution >= 0.6 is 0 Å². The van der Waals surface area contributed by atoms with Gasteiger partial charge in [0.2, 0.25) is 0 Å². The molecule has 5 nitrogen and oxygen atoms in total. The highest BCUT2D eigenvalue weighted by Gasteiger charge is 2.16. The molecular formula is C14H23N3O2. The Kier molecular flexibility index (Phi) is 5.01. The van der Waals surface area contributed by atoms with Gasteiger partial charge in [0.25, 0.3) is 0 Å². The number of hydrogen-bond donors (Lipinski definition) is 2. The molecule has 0 spiro atoms. The molecule has 1 saturated heterocycles. The average Bonchev–Trinajstić information content (AvgIpc) is 2.42. The molecule has 1 fully saturated rings. The van der Waals surface area contributed by atoms with Crippen molar-refractivity contribution in [3.05, 3.63) is 23.8 Å². The lowest BCUT2D eigenvalue weighted by Gasteiger charge is -2.34. The molecule has 3 N–H and O–H groups in total. The molecule has 0 atom stereocenters. The summed E-state index contributed by atoms with van der Waals surface area (Å²) in [5, 5.41) is 8.92. The number of nitrogen functional groups attached to an aromatic ring is 1. The Balaban J connectivity index is 1.87. The number of anilines is 1. The second-order valence-corrected chi connectivity index (χ2v) is 4.92. The van der Waals surface area contributed by atoms with Gasteiger partial charge in [-0.2, -0.15) is 0 Å². The largest absolute Gasteiger partial charge is 0.495 e. The fourth-order valence-electron chi connectivity index (χ4n) is 2.45. The minimum absolute atomic E-state index is 0.245. The van der Waals surface area contributed by atoms with Crippen LogP contribution in [0.25, 0.3) is 0 Å². The van der Waals surface area contributed by atoms with Crippen molar-refractivity contribution in [2.75, 3.05) is 52.2 Å². The highest BCUT2D eigenvalue weighted by atomic mass is 16.5. The van der Waals surface area contributed by atoms with Crippen molar-refractivity contribution in [3.63, 3.8) is 0 Å². The molecule has 1 aliphatic rings. The number of benzene rings is 1. The van der Waals surface area contributed by atoms with Crippen molar-refractivity contribution in [2.45, 2.75) is 6.54 Å². The lowest BCUT2D eigenvalue weighted by molar-refractivity contribution is 0.108. The van der Waals surface area contributed by atoms with E-state index in [0.29, 0.717) is 5.69 Å². The summed E-state index contributed by atoms with van der Waals surface area (Å²) >= 11 is 0. The van der Waals surface area contributed by atoms with Crippen molar-refractivity contribution < 1.29 is 9.84 Å². The molecule has 0 saturated carbocycles. The first kappa shape index (κ1) is 14.1. The Hall–Kier alpha value is -1.30. The summed E-state index contributed by atoms with van der Waals surface area (Å²) in [7, 11) is 1.63. The molecule has 0 aliphatic carbocycles. The van der Waals surface area contributed by atoms with Crippen LogP contribution in [-0.4, -0.2) is 61.3 Å². The number of nitrogens with zero attached hydrogens (tertiary/aromatic N) is 2. The number of aliphatic hydroxyl groups is 1. The topological polar surface area (TPSA) is 62.0 Å². The Morgan fingerprint density at radius 1 is 1.21 bits per heavy atom. The predicted octanol–water partition coefficient (Wildman–Crippen LogP) is 0.387. The van der Waals surface area contributed by atoms with E-state index in [1.807, 2.05) is 12.1 Å². The molecular weight excluding hydrogens is 242 g/mol. The molecule has 5 heteroatoms. The van der Waals surface area contributed by atoms with Gasteiger partial charge in [-0.3, -0.25) is 9.80 Å². The van der Waals surface area contributed by atoms with E-state index in [-0.39, 0.29) is 6.61 Å². The van der Waals surface area contributed by atoms with Crippen molar-refractivity contribution in [1.82, 2.24) is 9.80 Å². The summed E-state index contributed by atoms with van der Waals surface area (Å²) in [6, 6.07) is 5.97. The van der Waals surface area contributed by atoms with Crippen molar-refractivity contribution >= 4 is 5.69 Å². The van der Waals surface area contributed by atoms with Gasteiger partial charge in [0.1, 0.15) is 5.75 Å². The zero-order valence-corrected chi connectivity index (χ0v) is 11.5. The number of aliphatic hydroxyl groups excluding tert-OH is 1. The average molecular weight is 265 g/mol. The second kappa shape index (κ2) is 6.75. The van der Waals surface area contributed by atoms with Gasteiger partial charge >= 0.3 is 0 Å². The Morgan fingerprint density at radius 3 is 2.47 bits per heavy atom. The monoisotopic (exact) mass is 265 g/mol. The second-order valence-electron chi connectivity index (χ2n) is 4.92. The van der Waals surface area contributed by atoms with Gasteiger partial charge in [0, 0.05) is 39.3 Å². The molecule has 1 aromatic rings. The van der Waals surface area contributed by atoms with E-state index in [1.54, 1.807) is 7.11 Å². The number of rotatable bonds is 5. The Morgan fingerprint density at radius 2 is 1.89 bits per heavy atom. The fraction of sp³-hybridized carbons (Fsp3) is 0.571. The van der Waals surface area contributed by atoms with Crippen molar-refractivity contribution in [3.8, 4) is 5.75 Å². The number of methoxy groups -OCH3 is 1. The molecule has 19 heavy (non-hydrogen) atoms. The molecule has 1 aliphatic heterocycles. The fourth-order valence-corrected chi connectivity index (χ4v) is 2.45. The van der Waals surface area contributed by atoms with Gasteiger partial charge in [-0.05, 0) is 17.7 Å². The SMILES string of the molecule is COc1ccc(CN2CCN(CCO)CC2)cc1N. The maximum Gasteiger partial charge on any atom is 0.141 e. The van der Waals surface area contributed by atoms with E-state index < -0.39 is 0 Å². The van der Waals surface area contributed by atoms with Crippen LogP contribution in [0.5, 0.6) is 5.75 Å². The van der Waals surface area contributed by atoms with Gasteiger partial charge in [-0.25, -0.2) is 0 Å². The lowest BCUT2D eigenvalue weighted by Crippen LogP contribution is -2.46. The van der Waals surface area contributed by atoms with Gasteiger partial charge in [0.05, 0.1) is 19.4 Å². The standard InChI is InChI=1S/C14H23N3O2/c1-19-14-3-2-12(10-13(14)15)11-17-6-4-16(5-7-17)8-9-18/h2-3,10,18H,4-9,11,15H2,1H3. The summed E-state index contributed by atoms with van der Waals surface area (Å²) in [4.78, 5) is 4.70. The summed E-state index contributed by atoms with van der Waals surface area (Å²) < 4.78 is 5.16. The lowest BCUT2D eigenvalue weighted by atomic mass is 10.1. The van der Waals surface area contributed by atoms with Crippen LogP contribution in [0.2, 0.25) is 0 Å². The van der Waals surface area contributed by atoms with E-state index in [4.69, 9.17) is 15.6 Å². The Labute approximate surface area is 114 Å². The van der Waals surface area contributed by atoms with Gasteiger partial charge < -0.3 is 15.6 Å².